The Morgan fingerprint density at radius 3 is 2.41 bits per heavy atom. The molecule has 1 aromatic rings. The molecule has 0 saturated carbocycles. The number of halogens is 1. The van der Waals surface area contributed by atoms with Crippen molar-refractivity contribution in [3.05, 3.63) is 51.2 Å². The molecular formula is C16H14BrNO4. The van der Waals surface area contributed by atoms with E-state index in [-0.39, 0.29) is 21.7 Å². The van der Waals surface area contributed by atoms with Crippen molar-refractivity contribution >= 4 is 39.2 Å². The number of anilines is 1. The molecule has 6 heteroatoms. The average Bonchev–Trinajstić information content (AvgIpc) is 2.54. The van der Waals surface area contributed by atoms with E-state index in [1.165, 1.54) is 7.11 Å². The number of nitrogens with one attached hydrogen (secondary N) is 1. The summed E-state index contributed by atoms with van der Waals surface area (Å²) in [6.07, 6.45) is 0. The molecule has 0 fully saturated rings. The van der Waals surface area contributed by atoms with Gasteiger partial charge in [-0.25, -0.2) is 4.79 Å². The minimum Gasteiger partial charge on any atom is -0.465 e. The molecule has 0 saturated heterocycles. The number of carbonyl (C=O) groups is 3. The van der Waals surface area contributed by atoms with Crippen molar-refractivity contribution < 1.29 is 19.1 Å². The Labute approximate surface area is 136 Å². The van der Waals surface area contributed by atoms with Crippen LogP contribution in [0.5, 0.6) is 0 Å². The summed E-state index contributed by atoms with van der Waals surface area (Å²) < 4.78 is 4.84. The third-order valence-electron chi connectivity index (χ3n) is 3.44. The van der Waals surface area contributed by atoms with Crippen molar-refractivity contribution in [2.24, 2.45) is 0 Å². The second-order valence-corrected chi connectivity index (χ2v) is 5.59. The van der Waals surface area contributed by atoms with Crippen molar-refractivity contribution in [2.45, 2.75) is 13.8 Å². The molecule has 0 spiro atoms. The smallest absolute Gasteiger partial charge is 0.337 e. The highest BCUT2D eigenvalue weighted by Gasteiger charge is 2.29. The average molecular weight is 364 g/mol. The second kappa shape index (κ2) is 6.27. The molecule has 5 nitrogen and oxygen atoms in total. The van der Waals surface area contributed by atoms with Crippen LogP contribution >= 0.6 is 15.9 Å². The Kier molecular flexibility index (Phi) is 4.61. The predicted molar refractivity (Wildman–Crippen MR) is 85.7 cm³/mol. The molecule has 1 aliphatic carbocycles. The first-order valence-corrected chi connectivity index (χ1v) is 7.28. The number of ketones is 2. The van der Waals surface area contributed by atoms with Gasteiger partial charge in [-0.15, -0.1) is 0 Å². The van der Waals surface area contributed by atoms with Gasteiger partial charge in [0.2, 0.25) is 5.78 Å². The number of Topliss-reactive ketones (excluding diaryl/α,β-unsaturated/α-hetero) is 2. The fraction of sp³-hybridized carbons (Fsp3) is 0.188. The van der Waals surface area contributed by atoms with E-state index in [1.807, 2.05) is 0 Å². The zero-order chi connectivity index (χ0) is 16.4. The lowest BCUT2D eigenvalue weighted by Crippen LogP contribution is -2.24. The third-order valence-corrected chi connectivity index (χ3v) is 4.20. The summed E-state index contributed by atoms with van der Waals surface area (Å²) in [7, 11) is 1.29. The van der Waals surface area contributed by atoms with Gasteiger partial charge in [-0.3, -0.25) is 9.59 Å². The van der Waals surface area contributed by atoms with Crippen LogP contribution in [0.3, 0.4) is 0 Å². The second-order valence-electron chi connectivity index (χ2n) is 4.79. The molecule has 1 aromatic carbocycles. The quantitative estimate of drug-likeness (QED) is 0.660. The van der Waals surface area contributed by atoms with Crippen LogP contribution in [0.4, 0.5) is 5.69 Å². The van der Waals surface area contributed by atoms with Crippen LogP contribution in [-0.2, 0) is 14.3 Å². The van der Waals surface area contributed by atoms with E-state index in [0.29, 0.717) is 22.4 Å². The predicted octanol–water partition coefficient (Wildman–Crippen LogP) is 2.98. The van der Waals surface area contributed by atoms with Gasteiger partial charge in [-0.2, -0.15) is 0 Å². The number of hydrogen-bond donors (Lipinski definition) is 1. The molecule has 2 rings (SSSR count). The maximum atomic E-state index is 12.3. The van der Waals surface area contributed by atoms with Crippen LogP contribution in [0.25, 0.3) is 0 Å². The number of benzene rings is 1. The normalized spacial score (nSPS) is 15.3. The first kappa shape index (κ1) is 16.2. The monoisotopic (exact) mass is 363 g/mol. The van der Waals surface area contributed by atoms with Crippen LogP contribution in [-0.4, -0.2) is 24.6 Å². The molecule has 0 aromatic heterocycles. The lowest BCUT2D eigenvalue weighted by Gasteiger charge is -2.19. The number of esters is 1. The Hall–Kier alpha value is -2.21. The van der Waals surface area contributed by atoms with Crippen LogP contribution in [0.1, 0.15) is 24.2 Å². The molecule has 0 atom stereocenters. The van der Waals surface area contributed by atoms with Crippen molar-refractivity contribution in [2.75, 3.05) is 12.4 Å². The van der Waals surface area contributed by atoms with Crippen molar-refractivity contribution in [1.29, 1.82) is 0 Å². The van der Waals surface area contributed by atoms with E-state index < -0.39 is 5.97 Å². The number of rotatable bonds is 3. The van der Waals surface area contributed by atoms with Crippen LogP contribution in [0.2, 0.25) is 0 Å². The van der Waals surface area contributed by atoms with Gasteiger partial charge in [-0.1, -0.05) is 6.07 Å². The molecule has 1 aliphatic rings. The Morgan fingerprint density at radius 2 is 1.77 bits per heavy atom. The first-order chi connectivity index (χ1) is 10.4. The summed E-state index contributed by atoms with van der Waals surface area (Å²) in [5.41, 5.74) is 1.85. The summed E-state index contributed by atoms with van der Waals surface area (Å²) in [5, 5.41) is 2.90. The highest BCUT2D eigenvalue weighted by Crippen LogP contribution is 2.29. The molecule has 114 valence electrons. The minimum atomic E-state index is -0.477. The van der Waals surface area contributed by atoms with Crippen LogP contribution in [0.15, 0.2) is 45.6 Å². The zero-order valence-corrected chi connectivity index (χ0v) is 13.9. The van der Waals surface area contributed by atoms with Gasteiger partial charge in [0.1, 0.15) is 5.70 Å². The molecule has 1 N–H and O–H groups in total. The summed E-state index contributed by atoms with van der Waals surface area (Å²) in [6.45, 7) is 3.23. The molecule has 0 heterocycles. The van der Waals surface area contributed by atoms with Crippen molar-refractivity contribution in [3.63, 3.8) is 0 Å². The number of hydrogen-bond acceptors (Lipinski definition) is 5. The summed E-state index contributed by atoms with van der Waals surface area (Å²) in [5.74, 6) is -0.967. The maximum Gasteiger partial charge on any atom is 0.337 e. The largest absolute Gasteiger partial charge is 0.465 e. The van der Waals surface area contributed by atoms with Gasteiger partial charge in [-0.05, 0) is 48.0 Å². The number of carbonyl (C=O) groups excluding carboxylic acids is 3. The fourth-order valence-electron chi connectivity index (χ4n) is 2.00. The molecule has 0 aliphatic heterocycles. The SMILES string of the molecule is COC(=O)c1cccc(NC2=C(Br)C(=O)C(C)=C(C)C2=O)c1. The Bertz CT molecular complexity index is 746. The summed E-state index contributed by atoms with van der Waals surface area (Å²) in [6, 6.07) is 6.51. The minimum absolute atomic E-state index is 0.162. The number of methoxy groups -OCH3 is 1. The lowest BCUT2D eigenvalue weighted by molar-refractivity contribution is -0.115. The number of allylic oxidation sites excluding steroid dienone is 3. The molecule has 0 radical (unpaired) electrons. The molecule has 0 amide bonds. The standard InChI is InChI=1S/C16H14BrNO4/c1-8-9(2)15(20)13(12(17)14(8)19)18-11-6-4-5-10(7-11)16(21)22-3/h4-7,18H,1-3H3. The Morgan fingerprint density at radius 1 is 1.14 bits per heavy atom. The van der Waals surface area contributed by atoms with Gasteiger partial charge in [0.15, 0.2) is 5.78 Å². The van der Waals surface area contributed by atoms with Gasteiger partial charge < -0.3 is 10.1 Å². The topological polar surface area (TPSA) is 72.5 Å². The van der Waals surface area contributed by atoms with E-state index in [2.05, 4.69) is 26.0 Å². The van der Waals surface area contributed by atoms with Gasteiger partial charge >= 0.3 is 5.97 Å². The van der Waals surface area contributed by atoms with E-state index in [9.17, 15) is 14.4 Å². The molecule has 0 unspecified atom stereocenters. The zero-order valence-electron chi connectivity index (χ0n) is 12.3. The molecular weight excluding hydrogens is 350 g/mol. The summed E-state index contributed by atoms with van der Waals surface area (Å²) >= 11 is 3.17. The van der Waals surface area contributed by atoms with E-state index in [0.717, 1.165) is 0 Å². The fourth-order valence-corrected chi connectivity index (χ4v) is 2.58. The molecule has 0 bridgehead atoms. The van der Waals surface area contributed by atoms with Crippen LogP contribution in [0, 0.1) is 0 Å². The van der Waals surface area contributed by atoms with E-state index in [4.69, 9.17) is 0 Å². The van der Waals surface area contributed by atoms with Gasteiger partial charge in [0, 0.05) is 16.8 Å². The van der Waals surface area contributed by atoms with Crippen molar-refractivity contribution in [3.8, 4) is 0 Å². The molecule has 22 heavy (non-hydrogen) atoms. The third kappa shape index (κ3) is 2.87. The van der Waals surface area contributed by atoms with Gasteiger partial charge in [0.25, 0.3) is 0 Å². The highest BCUT2D eigenvalue weighted by atomic mass is 79.9. The first-order valence-electron chi connectivity index (χ1n) is 6.49. The van der Waals surface area contributed by atoms with Crippen molar-refractivity contribution in [1.82, 2.24) is 0 Å². The van der Waals surface area contributed by atoms with Gasteiger partial charge in [0.05, 0.1) is 17.2 Å². The van der Waals surface area contributed by atoms with Crippen LogP contribution < -0.4 is 5.32 Å². The Balaban J connectivity index is 2.37. The maximum absolute atomic E-state index is 12.3. The van der Waals surface area contributed by atoms with E-state index in [1.54, 1.807) is 38.1 Å². The summed E-state index contributed by atoms with van der Waals surface area (Å²) in [4.78, 5) is 35.9. The number of ether oxygens (including phenoxy) is 1. The highest BCUT2D eigenvalue weighted by molar-refractivity contribution is 9.12. The lowest BCUT2D eigenvalue weighted by atomic mass is 9.95. The van der Waals surface area contributed by atoms with E-state index >= 15 is 0 Å².